The van der Waals surface area contributed by atoms with E-state index in [0.29, 0.717) is 5.92 Å². The van der Waals surface area contributed by atoms with Crippen molar-refractivity contribution in [2.45, 2.75) is 39.7 Å². The lowest BCUT2D eigenvalue weighted by Crippen LogP contribution is -2.13. The molecule has 1 unspecified atom stereocenters. The van der Waals surface area contributed by atoms with Gasteiger partial charge in [-0.1, -0.05) is 13.8 Å². The first-order chi connectivity index (χ1) is 6.59. The highest BCUT2D eigenvalue weighted by atomic mass is 14.9. The molecule has 1 atom stereocenters. The normalized spacial score (nSPS) is 13.2. The molecule has 0 spiro atoms. The molecule has 3 nitrogen and oxygen atoms in total. The highest BCUT2D eigenvalue weighted by molar-refractivity contribution is 5.06. The standard InChI is InChI=1S/C11H19N3/c1-8(2)4-5-10(12)11-6-7-13-9(3)14-11/h6-8,10H,4-5,12H2,1-3H3. The molecule has 0 saturated carbocycles. The first kappa shape index (κ1) is 11.1. The van der Waals surface area contributed by atoms with Gasteiger partial charge in [-0.2, -0.15) is 0 Å². The van der Waals surface area contributed by atoms with Crippen molar-refractivity contribution in [3.8, 4) is 0 Å². The Kier molecular flexibility index (Phi) is 4.01. The van der Waals surface area contributed by atoms with Crippen molar-refractivity contribution in [3.63, 3.8) is 0 Å². The zero-order valence-corrected chi connectivity index (χ0v) is 9.20. The molecule has 0 saturated heterocycles. The summed E-state index contributed by atoms with van der Waals surface area (Å²) in [7, 11) is 0. The molecule has 14 heavy (non-hydrogen) atoms. The summed E-state index contributed by atoms with van der Waals surface area (Å²) < 4.78 is 0. The van der Waals surface area contributed by atoms with Gasteiger partial charge in [0.1, 0.15) is 5.82 Å². The van der Waals surface area contributed by atoms with Crippen molar-refractivity contribution in [1.29, 1.82) is 0 Å². The lowest BCUT2D eigenvalue weighted by atomic mass is 10.0. The Bertz CT molecular complexity index is 284. The van der Waals surface area contributed by atoms with Gasteiger partial charge >= 0.3 is 0 Å². The Morgan fingerprint density at radius 1 is 1.36 bits per heavy atom. The molecule has 0 radical (unpaired) electrons. The van der Waals surface area contributed by atoms with E-state index in [-0.39, 0.29) is 6.04 Å². The van der Waals surface area contributed by atoms with E-state index in [0.717, 1.165) is 24.4 Å². The van der Waals surface area contributed by atoms with Crippen LogP contribution in [0.3, 0.4) is 0 Å². The molecule has 1 rings (SSSR count). The number of rotatable bonds is 4. The summed E-state index contributed by atoms with van der Waals surface area (Å²) in [4.78, 5) is 8.37. The highest BCUT2D eigenvalue weighted by Gasteiger charge is 2.08. The van der Waals surface area contributed by atoms with E-state index in [1.54, 1.807) is 6.20 Å². The van der Waals surface area contributed by atoms with Gasteiger partial charge in [-0.05, 0) is 31.7 Å². The monoisotopic (exact) mass is 193 g/mol. The number of hydrogen-bond donors (Lipinski definition) is 1. The van der Waals surface area contributed by atoms with Crippen LogP contribution < -0.4 is 5.73 Å². The van der Waals surface area contributed by atoms with Crippen molar-refractivity contribution >= 4 is 0 Å². The fourth-order valence-electron chi connectivity index (χ4n) is 1.34. The third-order valence-corrected chi connectivity index (χ3v) is 2.23. The molecule has 0 aromatic carbocycles. The van der Waals surface area contributed by atoms with Crippen LogP contribution in [-0.4, -0.2) is 9.97 Å². The molecule has 0 amide bonds. The lowest BCUT2D eigenvalue weighted by molar-refractivity contribution is 0.500. The maximum Gasteiger partial charge on any atom is 0.125 e. The van der Waals surface area contributed by atoms with Crippen LogP contribution in [0.2, 0.25) is 0 Å². The van der Waals surface area contributed by atoms with Crippen LogP contribution in [0.25, 0.3) is 0 Å². The van der Waals surface area contributed by atoms with Crippen LogP contribution in [0.15, 0.2) is 12.3 Å². The number of aryl methyl sites for hydroxylation is 1. The van der Waals surface area contributed by atoms with Crippen molar-refractivity contribution < 1.29 is 0 Å². The van der Waals surface area contributed by atoms with Gasteiger partial charge in [-0.15, -0.1) is 0 Å². The summed E-state index contributed by atoms with van der Waals surface area (Å²) in [5.41, 5.74) is 6.98. The molecule has 2 N–H and O–H groups in total. The third-order valence-electron chi connectivity index (χ3n) is 2.23. The van der Waals surface area contributed by atoms with E-state index in [1.165, 1.54) is 0 Å². The summed E-state index contributed by atoms with van der Waals surface area (Å²) >= 11 is 0. The summed E-state index contributed by atoms with van der Waals surface area (Å²) in [6.45, 7) is 6.30. The minimum atomic E-state index is 0.0547. The van der Waals surface area contributed by atoms with E-state index in [1.807, 2.05) is 13.0 Å². The van der Waals surface area contributed by atoms with Gasteiger partial charge < -0.3 is 5.73 Å². The Hall–Kier alpha value is -0.960. The second kappa shape index (κ2) is 5.05. The Labute approximate surface area is 85.8 Å². The molecule has 0 aliphatic heterocycles. The quantitative estimate of drug-likeness (QED) is 0.797. The molecule has 1 aromatic heterocycles. The summed E-state index contributed by atoms with van der Waals surface area (Å²) in [6.07, 6.45) is 3.91. The van der Waals surface area contributed by atoms with Gasteiger partial charge in [0.2, 0.25) is 0 Å². The van der Waals surface area contributed by atoms with E-state index in [9.17, 15) is 0 Å². The molecule has 0 aliphatic carbocycles. The topological polar surface area (TPSA) is 51.8 Å². The average molecular weight is 193 g/mol. The van der Waals surface area contributed by atoms with E-state index in [4.69, 9.17) is 5.73 Å². The van der Waals surface area contributed by atoms with Crippen molar-refractivity contribution in [2.24, 2.45) is 11.7 Å². The van der Waals surface area contributed by atoms with Gasteiger partial charge in [0.25, 0.3) is 0 Å². The lowest BCUT2D eigenvalue weighted by Gasteiger charge is -2.12. The Balaban J connectivity index is 2.56. The molecule has 78 valence electrons. The summed E-state index contributed by atoms with van der Waals surface area (Å²) in [5.74, 6) is 1.49. The predicted molar refractivity (Wildman–Crippen MR) is 57.8 cm³/mol. The van der Waals surface area contributed by atoms with Gasteiger partial charge in [0.15, 0.2) is 0 Å². The maximum atomic E-state index is 6.02. The van der Waals surface area contributed by atoms with Gasteiger partial charge in [-0.3, -0.25) is 0 Å². The minimum absolute atomic E-state index is 0.0547. The van der Waals surface area contributed by atoms with E-state index in [2.05, 4.69) is 23.8 Å². The van der Waals surface area contributed by atoms with Gasteiger partial charge in [0.05, 0.1) is 5.69 Å². The molecule has 1 heterocycles. The molecular formula is C11H19N3. The highest BCUT2D eigenvalue weighted by Crippen LogP contribution is 2.16. The molecule has 1 aromatic rings. The first-order valence-electron chi connectivity index (χ1n) is 5.14. The van der Waals surface area contributed by atoms with Gasteiger partial charge in [-0.25, -0.2) is 9.97 Å². The molecule has 0 fully saturated rings. The predicted octanol–water partition coefficient (Wildman–Crippen LogP) is 2.22. The Morgan fingerprint density at radius 3 is 2.64 bits per heavy atom. The number of aromatic nitrogens is 2. The first-order valence-corrected chi connectivity index (χ1v) is 5.14. The summed E-state index contributed by atoms with van der Waals surface area (Å²) in [6, 6.07) is 1.96. The zero-order valence-electron chi connectivity index (χ0n) is 9.20. The number of nitrogens with two attached hydrogens (primary N) is 1. The van der Waals surface area contributed by atoms with Crippen molar-refractivity contribution in [2.75, 3.05) is 0 Å². The Morgan fingerprint density at radius 2 is 2.07 bits per heavy atom. The van der Waals surface area contributed by atoms with Crippen LogP contribution in [0.1, 0.15) is 44.2 Å². The zero-order chi connectivity index (χ0) is 10.6. The fraction of sp³-hybridized carbons (Fsp3) is 0.636. The SMILES string of the molecule is Cc1nccc(C(N)CCC(C)C)n1. The van der Waals surface area contributed by atoms with Crippen LogP contribution in [-0.2, 0) is 0 Å². The van der Waals surface area contributed by atoms with Gasteiger partial charge in [0, 0.05) is 12.2 Å². The van der Waals surface area contributed by atoms with Crippen LogP contribution >= 0.6 is 0 Å². The van der Waals surface area contributed by atoms with E-state index < -0.39 is 0 Å². The maximum absolute atomic E-state index is 6.02. The van der Waals surface area contributed by atoms with Crippen LogP contribution in [0.4, 0.5) is 0 Å². The van der Waals surface area contributed by atoms with Crippen LogP contribution in [0.5, 0.6) is 0 Å². The molecular weight excluding hydrogens is 174 g/mol. The van der Waals surface area contributed by atoms with Crippen molar-refractivity contribution in [1.82, 2.24) is 9.97 Å². The second-order valence-corrected chi connectivity index (χ2v) is 4.11. The number of hydrogen-bond acceptors (Lipinski definition) is 3. The smallest absolute Gasteiger partial charge is 0.125 e. The fourth-order valence-corrected chi connectivity index (χ4v) is 1.34. The van der Waals surface area contributed by atoms with Crippen LogP contribution in [0, 0.1) is 12.8 Å². The molecule has 0 aliphatic rings. The van der Waals surface area contributed by atoms with E-state index >= 15 is 0 Å². The van der Waals surface area contributed by atoms with Crippen molar-refractivity contribution in [3.05, 3.63) is 23.8 Å². The largest absolute Gasteiger partial charge is 0.323 e. The molecule has 0 bridgehead atoms. The average Bonchev–Trinajstić information content (AvgIpc) is 2.14. The minimum Gasteiger partial charge on any atom is -0.323 e. The third kappa shape index (κ3) is 3.42. The second-order valence-electron chi connectivity index (χ2n) is 4.11. The summed E-state index contributed by atoms with van der Waals surface area (Å²) in [5, 5.41) is 0. The molecule has 3 heteroatoms. The number of nitrogens with zero attached hydrogens (tertiary/aromatic N) is 2.